The molecular formula is C29H39FN6O3. The third kappa shape index (κ3) is 5.92. The lowest BCUT2D eigenvalue weighted by molar-refractivity contribution is -0.129. The Bertz CT molecular complexity index is 1200. The van der Waals surface area contributed by atoms with Crippen LogP contribution in [0.1, 0.15) is 55.0 Å². The van der Waals surface area contributed by atoms with Gasteiger partial charge in [-0.2, -0.15) is 0 Å². The number of nitrogens with zero attached hydrogens (tertiary/aromatic N) is 2. The van der Waals surface area contributed by atoms with Crippen molar-refractivity contribution in [2.75, 3.05) is 20.7 Å². The maximum atomic E-state index is 14.7. The number of amides is 2. The number of halogens is 1. The SMILES string of the molecule is CNC(=O)[C@@H]1CC[C@@H](NC(=O)C2CCC3NNC(c4ccnc(C)c4)C3C2)CN1Cc1c(F)cccc1OC. The van der Waals surface area contributed by atoms with Crippen molar-refractivity contribution >= 4 is 11.8 Å². The zero-order chi connectivity index (χ0) is 27.5. The minimum atomic E-state index is -0.400. The molecule has 1 saturated carbocycles. The quantitative estimate of drug-likeness (QED) is 0.429. The lowest BCUT2D eigenvalue weighted by atomic mass is 9.74. The highest BCUT2D eigenvalue weighted by Gasteiger charge is 2.43. The summed E-state index contributed by atoms with van der Waals surface area (Å²) in [6, 6.07) is 8.84. The first-order valence-electron chi connectivity index (χ1n) is 13.9. The third-order valence-electron chi connectivity index (χ3n) is 8.64. The number of hydrogen-bond acceptors (Lipinski definition) is 7. The Balaban J connectivity index is 1.25. The summed E-state index contributed by atoms with van der Waals surface area (Å²) in [6.45, 7) is 2.67. The van der Waals surface area contributed by atoms with E-state index < -0.39 is 6.04 Å². The maximum absolute atomic E-state index is 14.7. The monoisotopic (exact) mass is 538 g/mol. The van der Waals surface area contributed by atoms with Crippen LogP contribution in [0.4, 0.5) is 4.39 Å². The predicted octanol–water partition coefficient (Wildman–Crippen LogP) is 2.37. The molecule has 4 unspecified atom stereocenters. The Morgan fingerprint density at radius 1 is 1.15 bits per heavy atom. The lowest BCUT2D eigenvalue weighted by Crippen LogP contribution is -2.56. The second-order valence-electron chi connectivity index (χ2n) is 11.0. The Morgan fingerprint density at radius 2 is 2.00 bits per heavy atom. The van der Waals surface area contributed by atoms with E-state index in [2.05, 4.69) is 32.5 Å². The molecule has 1 aromatic heterocycles. The van der Waals surface area contributed by atoms with Crippen molar-refractivity contribution in [1.29, 1.82) is 0 Å². The van der Waals surface area contributed by atoms with Gasteiger partial charge in [0.05, 0.1) is 19.2 Å². The number of carbonyl (C=O) groups is 2. The number of fused-ring (bicyclic) bond motifs is 1. The minimum Gasteiger partial charge on any atom is -0.496 e. The molecule has 1 aromatic carbocycles. The molecule has 9 nitrogen and oxygen atoms in total. The number of likely N-dealkylation sites (tertiary alicyclic amines) is 1. The number of piperidine rings is 1. The van der Waals surface area contributed by atoms with Crippen molar-refractivity contribution in [2.24, 2.45) is 11.8 Å². The number of methoxy groups -OCH3 is 1. The van der Waals surface area contributed by atoms with E-state index in [1.807, 2.05) is 24.1 Å². The van der Waals surface area contributed by atoms with Crippen LogP contribution >= 0.6 is 0 Å². The van der Waals surface area contributed by atoms with Crippen LogP contribution in [0.25, 0.3) is 0 Å². The molecule has 0 bridgehead atoms. The molecule has 39 heavy (non-hydrogen) atoms. The lowest BCUT2D eigenvalue weighted by Gasteiger charge is -2.40. The van der Waals surface area contributed by atoms with E-state index in [0.29, 0.717) is 42.7 Å². The van der Waals surface area contributed by atoms with Gasteiger partial charge in [0, 0.05) is 55.6 Å². The first kappa shape index (κ1) is 27.5. The smallest absolute Gasteiger partial charge is 0.237 e. The first-order chi connectivity index (χ1) is 18.9. The Labute approximate surface area is 229 Å². The second kappa shape index (κ2) is 12.0. The highest BCUT2D eigenvalue weighted by Crippen LogP contribution is 2.40. The van der Waals surface area contributed by atoms with Gasteiger partial charge in [-0.3, -0.25) is 24.9 Å². The molecule has 2 saturated heterocycles. The van der Waals surface area contributed by atoms with Crippen molar-refractivity contribution in [2.45, 2.75) is 69.7 Å². The van der Waals surface area contributed by atoms with Crippen LogP contribution in [0, 0.1) is 24.6 Å². The van der Waals surface area contributed by atoms with E-state index in [4.69, 9.17) is 4.74 Å². The van der Waals surface area contributed by atoms with E-state index in [9.17, 15) is 14.0 Å². The summed E-state index contributed by atoms with van der Waals surface area (Å²) < 4.78 is 20.1. The van der Waals surface area contributed by atoms with E-state index in [1.54, 1.807) is 19.2 Å². The molecule has 2 amide bonds. The van der Waals surface area contributed by atoms with Crippen molar-refractivity contribution < 1.29 is 18.7 Å². The molecule has 3 aliphatic rings. The first-order valence-corrected chi connectivity index (χ1v) is 13.9. The van der Waals surface area contributed by atoms with Crippen LogP contribution in [-0.2, 0) is 16.1 Å². The second-order valence-corrected chi connectivity index (χ2v) is 11.0. The number of likely N-dealkylation sites (N-methyl/N-ethyl adjacent to an activating group) is 1. The van der Waals surface area contributed by atoms with Crippen molar-refractivity contribution in [1.82, 2.24) is 31.4 Å². The summed E-state index contributed by atoms with van der Waals surface area (Å²) in [7, 11) is 3.12. The number of rotatable bonds is 7. The summed E-state index contributed by atoms with van der Waals surface area (Å²) in [5.41, 5.74) is 9.48. The third-order valence-corrected chi connectivity index (χ3v) is 8.64. The summed E-state index contributed by atoms with van der Waals surface area (Å²) in [6.07, 6.45) is 5.66. The normalized spacial score (nSPS) is 28.9. The predicted molar refractivity (Wildman–Crippen MR) is 145 cm³/mol. The largest absolute Gasteiger partial charge is 0.496 e. The number of nitrogens with one attached hydrogen (secondary N) is 4. The number of pyridine rings is 1. The van der Waals surface area contributed by atoms with Gasteiger partial charge in [-0.05, 0) is 74.8 Å². The van der Waals surface area contributed by atoms with Crippen LogP contribution in [0.2, 0.25) is 0 Å². The number of hydrazine groups is 1. The van der Waals surface area contributed by atoms with Crippen LogP contribution in [0.5, 0.6) is 5.75 Å². The van der Waals surface area contributed by atoms with E-state index in [-0.39, 0.29) is 42.2 Å². The average molecular weight is 539 g/mol. The fourth-order valence-corrected chi connectivity index (χ4v) is 6.59. The van der Waals surface area contributed by atoms with Crippen LogP contribution in [-0.4, -0.2) is 60.5 Å². The molecular weight excluding hydrogens is 499 g/mol. The minimum absolute atomic E-state index is 0.0665. The number of aryl methyl sites for hydroxylation is 1. The summed E-state index contributed by atoms with van der Waals surface area (Å²) >= 11 is 0. The standard InChI is InChI=1S/C29H39FN6O3/c1-17-13-18(11-12-32-17)27-21-14-19(7-9-24(21)34-35-27)28(37)33-20-8-10-25(29(38)31-2)36(15-20)16-22-23(30)5-4-6-26(22)39-3/h4-6,11-13,19-21,24-25,27,34-35H,7-10,14-16H2,1-3H3,(H,31,38)(H,33,37)/t19?,20-,21?,24?,25+,27?/m1/s1. The molecule has 3 heterocycles. The van der Waals surface area contributed by atoms with Crippen molar-refractivity contribution in [3.8, 4) is 5.75 Å². The van der Waals surface area contributed by atoms with Gasteiger partial charge in [0.1, 0.15) is 11.6 Å². The van der Waals surface area contributed by atoms with E-state index in [1.165, 1.54) is 18.7 Å². The van der Waals surface area contributed by atoms with Gasteiger partial charge in [0.2, 0.25) is 11.8 Å². The van der Waals surface area contributed by atoms with Crippen LogP contribution < -0.4 is 26.2 Å². The van der Waals surface area contributed by atoms with Gasteiger partial charge in [0.25, 0.3) is 0 Å². The number of benzene rings is 1. The van der Waals surface area contributed by atoms with Gasteiger partial charge in [-0.1, -0.05) is 6.07 Å². The Hall–Kier alpha value is -3.08. The van der Waals surface area contributed by atoms with Crippen molar-refractivity contribution in [3.63, 3.8) is 0 Å². The topological polar surface area (TPSA) is 108 Å². The van der Waals surface area contributed by atoms with Gasteiger partial charge in [-0.15, -0.1) is 0 Å². The number of ether oxygens (including phenoxy) is 1. The van der Waals surface area contributed by atoms with Gasteiger partial charge >= 0.3 is 0 Å². The fraction of sp³-hybridized carbons (Fsp3) is 0.552. The number of aromatic nitrogens is 1. The molecule has 5 rings (SSSR count). The molecule has 3 fully saturated rings. The molecule has 4 N–H and O–H groups in total. The summed E-state index contributed by atoms with van der Waals surface area (Å²) in [5, 5.41) is 6.02. The number of carbonyl (C=O) groups excluding carboxylic acids is 2. The van der Waals surface area contributed by atoms with E-state index >= 15 is 0 Å². The van der Waals surface area contributed by atoms with Crippen LogP contribution in [0.15, 0.2) is 36.5 Å². The highest BCUT2D eigenvalue weighted by molar-refractivity contribution is 5.82. The van der Waals surface area contributed by atoms with Crippen LogP contribution in [0.3, 0.4) is 0 Å². The number of hydrogen-bond donors (Lipinski definition) is 4. The Morgan fingerprint density at radius 3 is 2.77 bits per heavy atom. The molecule has 2 aliphatic heterocycles. The van der Waals surface area contributed by atoms with E-state index in [0.717, 1.165) is 25.0 Å². The molecule has 1 aliphatic carbocycles. The molecule has 210 valence electrons. The highest BCUT2D eigenvalue weighted by atomic mass is 19.1. The van der Waals surface area contributed by atoms with Crippen molar-refractivity contribution in [3.05, 3.63) is 59.2 Å². The maximum Gasteiger partial charge on any atom is 0.237 e. The fourth-order valence-electron chi connectivity index (χ4n) is 6.59. The van der Waals surface area contributed by atoms with Gasteiger partial charge in [0.15, 0.2) is 0 Å². The molecule has 0 radical (unpaired) electrons. The van der Waals surface area contributed by atoms with Gasteiger partial charge < -0.3 is 15.4 Å². The zero-order valence-electron chi connectivity index (χ0n) is 22.9. The summed E-state index contributed by atoms with van der Waals surface area (Å²) in [4.78, 5) is 32.5. The van der Waals surface area contributed by atoms with Gasteiger partial charge in [-0.25, -0.2) is 9.82 Å². The molecule has 10 heteroatoms. The molecule has 0 spiro atoms. The molecule has 6 atom stereocenters. The average Bonchev–Trinajstić information content (AvgIpc) is 3.37. The summed E-state index contributed by atoms with van der Waals surface area (Å²) in [5.74, 6) is 0.279. The Kier molecular flexibility index (Phi) is 8.44. The molecule has 2 aromatic rings. The zero-order valence-corrected chi connectivity index (χ0v) is 22.9.